The first-order valence-electron chi connectivity index (χ1n) is 11.1. The fourth-order valence-electron chi connectivity index (χ4n) is 6.39. The molecule has 5 aliphatic rings. The minimum absolute atomic E-state index is 0.0332. The van der Waals surface area contributed by atoms with Crippen LogP contribution in [-0.4, -0.2) is 90.1 Å². The summed E-state index contributed by atoms with van der Waals surface area (Å²) in [6.07, 6.45) is -4.93. The molecule has 7 unspecified atom stereocenters. The largest absolute Gasteiger partial charge is 0.387 e. The maximum atomic E-state index is 14.1. The van der Waals surface area contributed by atoms with Crippen molar-refractivity contribution >= 4 is 0 Å². The molecule has 0 aromatic rings. The summed E-state index contributed by atoms with van der Waals surface area (Å²) in [5.41, 5.74) is 0. The van der Waals surface area contributed by atoms with Crippen molar-refractivity contribution in [2.24, 2.45) is 17.8 Å². The van der Waals surface area contributed by atoms with Gasteiger partial charge in [0.2, 0.25) is 0 Å². The number of nitrogens with zero attached hydrogens (tertiary/aromatic N) is 1. The molecule has 4 N–H and O–H groups in total. The molecule has 7 nitrogen and oxygen atoms in total. The molecule has 0 spiro atoms. The lowest BCUT2D eigenvalue weighted by Gasteiger charge is -2.45. The number of rotatable bonds is 2. The Hall–Kier alpha value is -0.420. The van der Waals surface area contributed by atoms with E-state index in [1.54, 1.807) is 0 Å². The number of aliphatic hydroxyl groups is 2. The molecule has 0 amide bonds. The number of alkyl halides is 2. The van der Waals surface area contributed by atoms with Gasteiger partial charge < -0.3 is 25.0 Å². The van der Waals surface area contributed by atoms with Gasteiger partial charge in [-0.05, 0) is 44.4 Å². The normalized spacial score (nSPS) is 56.2. The quantitative estimate of drug-likeness (QED) is 0.508. The van der Waals surface area contributed by atoms with Crippen molar-refractivity contribution in [2.45, 2.75) is 87.8 Å². The number of likely N-dealkylation sites (tertiary alicyclic amines) is 1. The van der Waals surface area contributed by atoms with Crippen LogP contribution in [-0.2, 0) is 9.47 Å². The third kappa shape index (κ3) is 3.43. The van der Waals surface area contributed by atoms with Crippen molar-refractivity contribution in [2.75, 3.05) is 19.8 Å². The van der Waals surface area contributed by atoms with Gasteiger partial charge in [0.25, 0.3) is 0 Å². The minimum Gasteiger partial charge on any atom is -0.387 e. The van der Waals surface area contributed by atoms with E-state index in [0.29, 0.717) is 31.7 Å². The summed E-state index contributed by atoms with van der Waals surface area (Å²) < 4.78 is 40.2. The summed E-state index contributed by atoms with van der Waals surface area (Å²) in [6, 6.07) is 0.366. The van der Waals surface area contributed by atoms with Gasteiger partial charge in [0.1, 0.15) is 36.9 Å². The number of hydrogen-bond acceptors (Lipinski definition) is 7. The van der Waals surface area contributed by atoms with Gasteiger partial charge >= 0.3 is 0 Å². The van der Waals surface area contributed by atoms with E-state index in [1.807, 2.05) is 0 Å². The van der Waals surface area contributed by atoms with Gasteiger partial charge in [0.15, 0.2) is 0 Å². The molecule has 5 rings (SSSR count). The molecule has 0 aromatic carbocycles. The Morgan fingerprint density at radius 2 is 1.76 bits per heavy atom. The predicted molar refractivity (Wildman–Crippen MR) is 100 cm³/mol. The fraction of sp³-hybridized carbons (Fsp3) is 1.00. The van der Waals surface area contributed by atoms with E-state index in [1.165, 1.54) is 0 Å². The Balaban J connectivity index is 1.32. The van der Waals surface area contributed by atoms with Gasteiger partial charge in [0.05, 0.1) is 12.3 Å². The summed E-state index contributed by atoms with van der Waals surface area (Å²) in [4.78, 5) is 2.10. The Kier molecular flexibility index (Phi) is 5.60. The van der Waals surface area contributed by atoms with Crippen LogP contribution in [0.5, 0.6) is 0 Å². The van der Waals surface area contributed by atoms with E-state index in [9.17, 15) is 19.0 Å². The lowest BCUT2D eigenvalue weighted by molar-refractivity contribution is -0.182. The molecule has 5 fully saturated rings. The van der Waals surface area contributed by atoms with Gasteiger partial charge in [-0.15, -0.1) is 0 Å². The van der Waals surface area contributed by atoms with Crippen LogP contribution in [0.15, 0.2) is 0 Å². The van der Waals surface area contributed by atoms with Crippen molar-refractivity contribution in [3.05, 3.63) is 0 Å². The van der Waals surface area contributed by atoms with Crippen LogP contribution >= 0.6 is 0 Å². The van der Waals surface area contributed by atoms with Crippen molar-refractivity contribution in [1.29, 1.82) is 0 Å². The van der Waals surface area contributed by atoms with E-state index >= 15 is 0 Å². The number of hydrogen-bond donors (Lipinski definition) is 4. The summed E-state index contributed by atoms with van der Waals surface area (Å²) in [7, 11) is 0. The Bertz CT molecular complexity index is 604. The molecule has 4 heterocycles. The molecule has 4 aliphatic heterocycles. The molecule has 4 saturated heterocycles. The molecule has 29 heavy (non-hydrogen) atoms. The topological polar surface area (TPSA) is 86.2 Å². The standard InChI is InChI=1S/C20H33F2N3O4/c1-9-11-2-4-25(19(11)24-8-23-9)20-16(27)15(26)18(29-20)17-12-7-14(22)13(21)6-10(12)3-5-28-17/h9-20,23-24,26-27H,2-8H2,1H3/t9?,10?,11?,12?,13?,14?,15-,16+,17+,18-,19?,20+/m0/s1. The van der Waals surface area contributed by atoms with Gasteiger partial charge in [-0.1, -0.05) is 0 Å². The first-order valence-corrected chi connectivity index (χ1v) is 11.1. The highest BCUT2D eigenvalue weighted by Gasteiger charge is 2.56. The molecule has 0 radical (unpaired) electrons. The van der Waals surface area contributed by atoms with Crippen LogP contribution in [0.1, 0.15) is 32.6 Å². The van der Waals surface area contributed by atoms with Gasteiger partial charge in [-0.2, -0.15) is 0 Å². The second-order valence-corrected chi connectivity index (χ2v) is 9.53. The SMILES string of the molecule is CC1NCNC2C1CCN2[C@@H]1O[C@H]([C@@H]2OCCC3CC(F)C(F)CC32)[C@@H](O)[C@H]1O. The van der Waals surface area contributed by atoms with Crippen LogP contribution in [0.25, 0.3) is 0 Å². The number of aliphatic hydroxyl groups excluding tert-OH is 2. The number of halogens is 2. The van der Waals surface area contributed by atoms with Crippen LogP contribution in [0, 0.1) is 17.8 Å². The summed E-state index contributed by atoms with van der Waals surface area (Å²) in [5.74, 6) is 0.240. The monoisotopic (exact) mass is 417 g/mol. The molecular formula is C20H33F2N3O4. The first kappa shape index (κ1) is 20.5. The van der Waals surface area contributed by atoms with Crippen molar-refractivity contribution in [1.82, 2.24) is 15.5 Å². The molecule has 0 bridgehead atoms. The van der Waals surface area contributed by atoms with Crippen molar-refractivity contribution < 1.29 is 28.5 Å². The zero-order valence-electron chi connectivity index (χ0n) is 16.8. The van der Waals surface area contributed by atoms with Crippen molar-refractivity contribution in [3.8, 4) is 0 Å². The second kappa shape index (κ2) is 7.93. The Morgan fingerprint density at radius 3 is 2.59 bits per heavy atom. The highest BCUT2D eigenvalue weighted by Crippen LogP contribution is 2.45. The average Bonchev–Trinajstić information content (AvgIpc) is 3.25. The van der Waals surface area contributed by atoms with Crippen LogP contribution in [0.2, 0.25) is 0 Å². The molecule has 1 saturated carbocycles. The minimum atomic E-state index is -1.50. The molecule has 12 atom stereocenters. The highest BCUT2D eigenvalue weighted by molar-refractivity contribution is 5.04. The van der Waals surface area contributed by atoms with E-state index < -0.39 is 43.0 Å². The Morgan fingerprint density at radius 1 is 0.966 bits per heavy atom. The first-order chi connectivity index (χ1) is 14.0. The van der Waals surface area contributed by atoms with Crippen LogP contribution in [0.3, 0.4) is 0 Å². The number of ether oxygens (including phenoxy) is 2. The van der Waals surface area contributed by atoms with Gasteiger partial charge in [-0.25, -0.2) is 8.78 Å². The molecule has 0 aromatic heterocycles. The van der Waals surface area contributed by atoms with Gasteiger partial charge in [0, 0.05) is 31.8 Å². The number of fused-ring (bicyclic) bond motifs is 2. The van der Waals surface area contributed by atoms with Crippen LogP contribution in [0.4, 0.5) is 8.78 Å². The molecular weight excluding hydrogens is 384 g/mol. The number of nitrogens with one attached hydrogen (secondary N) is 2. The molecule has 166 valence electrons. The zero-order valence-corrected chi connectivity index (χ0v) is 16.8. The summed E-state index contributed by atoms with van der Waals surface area (Å²) in [5, 5.41) is 28.5. The lowest BCUT2D eigenvalue weighted by atomic mass is 9.70. The van der Waals surface area contributed by atoms with E-state index in [-0.39, 0.29) is 30.8 Å². The maximum Gasteiger partial charge on any atom is 0.141 e. The smallest absolute Gasteiger partial charge is 0.141 e. The molecule has 1 aliphatic carbocycles. The third-order valence-electron chi connectivity index (χ3n) is 8.03. The van der Waals surface area contributed by atoms with Crippen molar-refractivity contribution in [3.63, 3.8) is 0 Å². The van der Waals surface area contributed by atoms with E-state index in [0.717, 1.165) is 13.0 Å². The lowest BCUT2D eigenvalue weighted by Crippen LogP contribution is -2.61. The van der Waals surface area contributed by atoms with E-state index in [2.05, 4.69) is 22.5 Å². The summed E-state index contributed by atoms with van der Waals surface area (Å²) >= 11 is 0. The highest BCUT2D eigenvalue weighted by atomic mass is 19.2. The van der Waals surface area contributed by atoms with Crippen LogP contribution < -0.4 is 10.6 Å². The predicted octanol–water partition coefficient (Wildman–Crippen LogP) is 0.111. The average molecular weight is 417 g/mol. The second-order valence-electron chi connectivity index (χ2n) is 9.53. The third-order valence-corrected chi connectivity index (χ3v) is 8.03. The zero-order chi connectivity index (χ0) is 20.3. The van der Waals surface area contributed by atoms with E-state index in [4.69, 9.17) is 9.47 Å². The summed E-state index contributed by atoms with van der Waals surface area (Å²) in [6.45, 7) is 4.06. The van der Waals surface area contributed by atoms with Gasteiger partial charge in [-0.3, -0.25) is 10.2 Å². The maximum absolute atomic E-state index is 14.1. The Labute approximate surface area is 170 Å². The fourth-order valence-corrected chi connectivity index (χ4v) is 6.39. The molecule has 9 heteroatoms.